The molecule has 3 unspecified atom stereocenters. The van der Waals surface area contributed by atoms with Crippen molar-refractivity contribution in [2.24, 2.45) is 0 Å². The van der Waals surface area contributed by atoms with Gasteiger partial charge in [0.1, 0.15) is 0 Å². The molecule has 2 rings (SSSR count). The number of fused-ring (bicyclic) bond motifs is 2. The average molecular weight is 304 g/mol. The standard InChI is InChI=1S/C13H24N2O4S/c1-4-15(20(17,18)9(2)13(16)19-3)12-7-10-5-6-11(8-12)14-10/h9-12,14H,4-8H2,1-3H3. The summed E-state index contributed by atoms with van der Waals surface area (Å²) in [6.45, 7) is 3.62. The first-order valence-electron chi connectivity index (χ1n) is 7.24. The second kappa shape index (κ2) is 5.99. The van der Waals surface area contributed by atoms with E-state index in [0.717, 1.165) is 25.7 Å². The Balaban J connectivity index is 2.17. The fraction of sp³-hybridized carbons (Fsp3) is 0.923. The molecule has 0 aliphatic carbocycles. The number of ether oxygens (including phenoxy) is 1. The van der Waals surface area contributed by atoms with Crippen molar-refractivity contribution in [2.45, 2.75) is 62.9 Å². The van der Waals surface area contributed by atoms with Crippen molar-refractivity contribution in [2.75, 3.05) is 13.7 Å². The van der Waals surface area contributed by atoms with Crippen LogP contribution in [0.15, 0.2) is 0 Å². The van der Waals surface area contributed by atoms with Crippen LogP contribution in [0.2, 0.25) is 0 Å². The van der Waals surface area contributed by atoms with E-state index in [4.69, 9.17) is 0 Å². The van der Waals surface area contributed by atoms with Crippen LogP contribution in [0.3, 0.4) is 0 Å². The maximum absolute atomic E-state index is 12.6. The number of esters is 1. The zero-order valence-corrected chi connectivity index (χ0v) is 13.1. The molecule has 2 aliphatic heterocycles. The molecule has 20 heavy (non-hydrogen) atoms. The van der Waals surface area contributed by atoms with Crippen LogP contribution in [0.5, 0.6) is 0 Å². The molecule has 2 aliphatic rings. The third-order valence-electron chi connectivity index (χ3n) is 4.47. The van der Waals surface area contributed by atoms with Crippen LogP contribution in [-0.2, 0) is 19.6 Å². The maximum Gasteiger partial charge on any atom is 0.325 e. The fourth-order valence-corrected chi connectivity index (χ4v) is 5.09. The minimum Gasteiger partial charge on any atom is -0.468 e. The van der Waals surface area contributed by atoms with Crippen molar-refractivity contribution in [3.8, 4) is 0 Å². The van der Waals surface area contributed by atoms with Gasteiger partial charge in [-0.2, -0.15) is 4.31 Å². The van der Waals surface area contributed by atoms with E-state index in [9.17, 15) is 13.2 Å². The van der Waals surface area contributed by atoms with Crippen molar-refractivity contribution in [1.82, 2.24) is 9.62 Å². The molecule has 116 valence electrons. The van der Waals surface area contributed by atoms with Gasteiger partial charge in [-0.15, -0.1) is 0 Å². The maximum atomic E-state index is 12.6. The minimum atomic E-state index is -3.65. The van der Waals surface area contributed by atoms with Gasteiger partial charge in [-0.25, -0.2) is 8.42 Å². The lowest BCUT2D eigenvalue weighted by Gasteiger charge is -2.37. The van der Waals surface area contributed by atoms with Gasteiger partial charge < -0.3 is 10.1 Å². The Morgan fingerprint density at radius 1 is 1.35 bits per heavy atom. The molecular formula is C13H24N2O4S. The van der Waals surface area contributed by atoms with Crippen LogP contribution in [-0.4, -0.2) is 55.7 Å². The molecule has 0 radical (unpaired) electrons. The second-order valence-electron chi connectivity index (χ2n) is 5.68. The first-order chi connectivity index (χ1) is 9.40. The molecule has 2 bridgehead atoms. The monoisotopic (exact) mass is 304 g/mol. The first-order valence-corrected chi connectivity index (χ1v) is 8.75. The van der Waals surface area contributed by atoms with E-state index >= 15 is 0 Å². The number of carbonyl (C=O) groups excluding carboxylic acids is 1. The Bertz CT molecular complexity index is 453. The van der Waals surface area contributed by atoms with Crippen molar-refractivity contribution in [3.63, 3.8) is 0 Å². The molecule has 3 atom stereocenters. The third-order valence-corrected chi connectivity index (χ3v) is 6.77. The summed E-state index contributed by atoms with van der Waals surface area (Å²) in [5.74, 6) is -0.694. The van der Waals surface area contributed by atoms with Gasteiger partial charge in [-0.3, -0.25) is 4.79 Å². The zero-order valence-electron chi connectivity index (χ0n) is 12.3. The number of methoxy groups -OCH3 is 1. The van der Waals surface area contributed by atoms with Gasteiger partial charge in [0.25, 0.3) is 0 Å². The van der Waals surface area contributed by atoms with Gasteiger partial charge >= 0.3 is 5.97 Å². The van der Waals surface area contributed by atoms with Gasteiger partial charge in [-0.05, 0) is 32.6 Å². The minimum absolute atomic E-state index is 0.00384. The summed E-state index contributed by atoms with van der Waals surface area (Å²) in [5, 5.41) is 2.36. The number of hydrogen-bond acceptors (Lipinski definition) is 5. The van der Waals surface area contributed by atoms with Crippen LogP contribution >= 0.6 is 0 Å². The van der Waals surface area contributed by atoms with Gasteiger partial charge in [0.2, 0.25) is 10.0 Å². The number of rotatable bonds is 5. The summed E-state index contributed by atoms with van der Waals surface area (Å²) < 4.78 is 31.3. The Kier molecular flexibility index (Phi) is 4.71. The summed E-state index contributed by atoms with van der Waals surface area (Å²) in [6.07, 6.45) is 3.89. The van der Waals surface area contributed by atoms with Gasteiger partial charge in [0.15, 0.2) is 5.25 Å². The molecule has 2 heterocycles. The smallest absolute Gasteiger partial charge is 0.325 e. The fourth-order valence-electron chi connectivity index (χ4n) is 3.40. The molecule has 7 heteroatoms. The van der Waals surface area contributed by atoms with Crippen LogP contribution < -0.4 is 5.32 Å². The SMILES string of the molecule is CCN(C1CC2CCC(C1)N2)S(=O)(=O)C(C)C(=O)OC. The Morgan fingerprint density at radius 3 is 2.35 bits per heavy atom. The van der Waals surface area contributed by atoms with Gasteiger partial charge in [0, 0.05) is 24.7 Å². The average Bonchev–Trinajstić information content (AvgIpc) is 2.76. The number of nitrogens with zero attached hydrogens (tertiary/aromatic N) is 1. The van der Waals surface area contributed by atoms with E-state index in [0.29, 0.717) is 18.6 Å². The Hall–Kier alpha value is -0.660. The van der Waals surface area contributed by atoms with Crippen LogP contribution in [0.4, 0.5) is 0 Å². The predicted molar refractivity (Wildman–Crippen MR) is 75.7 cm³/mol. The highest BCUT2D eigenvalue weighted by Gasteiger charge is 2.42. The van der Waals surface area contributed by atoms with Crippen LogP contribution in [0.1, 0.15) is 39.5 Å². The summed E-state index contributed by atoms with van der Waals surface area (Å²) in [7, 11) is -2.43. The highest BCUT2D eigenvalue weighted by atomic mass is 32.2. The summed E-state index contributed by atoms with van der Waals surface area (Å²) >= 11 is 0. The lowest BCUT2D eigenvalue weighted by molar-refractivity contribution is -0.139. The van der Waals surface area contributed by atoms with E-state index in [1.54, 1.807) is 0 Å². The quantitative estimate of drug-likeness (QED) is 0.748. The number of sulfonamides is 1. The molecule has 0 aromatic rings. The second-order valence-corrected chi connectivity index (χ2v) is 7.88. The van der Waals surface area contributed by atoms with Gasteiger partial charge in [0.05, 0.1) is 7.11 Å². The van der Waals surface area contributed by atoms with Crippen LogP contribution in [0.25, 0.3) is 0 Å². The molecule has 6 nitrogen and oxygen atoms in total. The lowest BCUT2D eigenvalue weighted by atomic mass is 10.00. The molecule has 1 N–H and O–H groups in total. The number of hydrogen-bond donors (Lipinski definition) is 1. The van der Waals surface area contributed by atoms with E-state index < -0.39 is 21.2 Å². The molecule has 0 spiro atoms. The summed E-state index contributed by atoms with van der Waals surface area (Å²) in [5.41, 5.74) is 0. The predicted octanol–water partition coefficient (Wildman–Crippen LogP) is 0.483. The highest BCUT2D eigenvalue weighted by molar-refractivity contribution is 7.90. The molecule has 2 fully saturated rings. The van der Waals surface area contributed by atoms with E-state index in [-0.39, 0.29) is 6.04 Å². The van der Waals surface area contributed by atoms with Crippen molar-refractivity contribution in [3.05, 3.63) is 0 Å². The van der Waals surface area contributed by atoms with Crippen LogP contribution in [0, 0.1) is 0 Å². The van der Waals surface area contributed by atoms with Crippen molar-refractivity contribution >= 4 is 16.0 Å². The molecular weight excluding hydrogens is 280 g/mol. The van der Waals surface area contributed by atoms with E-state index in [2.05, 4.69) is 10.1 Å². The highest BCUT2D eigenvalue weighted by Crippen LogP contribution is 2.31. The normalized spacial score (nSPS) is 31.3. The topological polar surface area (TPSA) is 75.7 Å². The molecule has 0 saturated carbocycles. The summed E-state index contributed by atoms with van der Waals surface area (Å²) in [4.78, 5) is 11.6. The summed E-state index contributed by atoms with van der Waals surface area (Å²) in [6, 6.07) is 0.823. The third kappa shape index (κ3) is 2.84. The first kappa shape index (κ1) is 15.7. The number of piperidine rings is 1. The van der Waals surface area contributed by atoms with Crippen molar-refractivity contribution in [1.29, 1.82) is 0 Å². The van der Waals surface area contributed by atoms with E-state index in [1.807, 2.05) is 6.92 Å². The Labute approximate surface area is 120 Å². The molecule has 0 aromatic heterocycles. The van der Waals surface area contributed by atoms with Crippen molar-refractivity contribution < 1.29 is 17.9 Å². The number of carbonyl (C=O) groups is 1. The molecule has 0 amide bonds. The zero-order chi connectivity index (χ0) is 14.9. The molecule has 2 saturated heterocycles. The van der Waals surface area contributed by atoms with Gasteiger partial charge in [-0.1, -0.05) is 6.92 Å². The Morgan fingerprint density at radius 2 is 1.90 bits per heavy atom. The lowest BCUT2D eigenvalue weighted by Crippen LogP contribution is -2.52. The molecule has 0 aromatic carbocycles. The van der Waals surface area contributed by atoms with E-state index in [1.165, 1.54) is 18.3 Å². The number of nitrogens with one attached hydrogen (secondary N) is 1. The largest absolute Gasteiger partial charge is 0.468 e.